The van der Waals surface area contributed by atoms with E-state index in [1.54, 1.807) is 0 Å². The first-order valence-corrected chi connectivity index (χ1v) is 3.91. The number of hydrogen-bond acceptors (Lipinski definition) is 7. The van der Waals surface area contributed by atoms with Crippen LogP contribution in [0.15, 0.2) is 0 Å². The third kappa shape index (κ3) is 88.2. The van der Waals surface area contributed by atoms with Gasteiger partial charge in [-0.2, -0.15) is 0 Å². The minimum absolute atomic E-state index is 0. The molecule has 0 aliphatic heterocycles. The fourth-order valence-corrected chi connectivity index (χ4v) is 0.137. The topological polar surface area (TPSA) is 191 Å². The summed E-state index contributed by atoms with van der Waals surface area (Å²) in [4.78, 5) is 37.6. The summed E-state index contributed by atoms with van der Waals surface area (Å²) in [6, 6.07) is 0. The SMILES string of the molecule is CC([NH-])=O.COC([NH-])=O.[NH-]C(=O)OCOC([NH-])=O.[W+2].[Y]. The summed E-state index contributed by atoms with van der Waals surface area (Å²) in [5.41, 5.74) is 24.1. The number of ether oxygens (including phenoxy) is 3. The molecule has 0 bridgehead atoms. The first-order chi connectivity index (χ1) is 8.13. The van der Waals surface area contributed by atoms with Crippen LogP contribution in [0.25, 0.3) is 22.9 Å². The summed E-state index contributed by atoms with van der Waals surface area (Å²) in [6.07, 6.45) is -3.59. The van der Waals surface area contributed by atoms with Gasteiger partial charge in [-0.25, -0.2) is 0 Å². The first-order valence-electron chi connectivity index (χ1n) is 3.91. The Kier molecular flexibility index (Phi) is 36.5. The van der Waals surface area contributed by atoms with E-state index in [0.717, 1.165) is 7.11 Å². The Morgan fingerprint density at radius 2 is 1.05 bits per heavy atom. The Bertz CT molecular complexity index is 274. The zero-order valence-electron chi connectivity index (χ0n) is 10.6. The quantitative estimate of drug-likeness (QED) is 0.484. The van der Waals surface area contributed by atoms with Gasteiger partial charge in [-0.15, -0.1) is 0 Å². The Morgan fingerprint density at radius 1 is 0.850 bits per heavy atom. The van der Waals surface area contributed by atoms with Crippen LogP contribution in [0.3, 0.4) is 0 Å². The van der Waals surface area contributed by atoms with Crippen molar-refractivity contribution in [3.05, 3.63) is 22.9 Å². The number of hydrogen-bond donors (Lipinski definition) is 0. The van der Waals surface area contributed by atoms with Crippen LogP contribution in [0.2, 0.25) is 0 Å². The Labute approximate surface area is 154 Å². The van der Waals surface area contributed by atoms with Crippen molar-refractivity contribution in [2.24, 2.45) is 0 Å². The monoisotopic (exact) mass is 537 g/mol. The minimum Gasteiger partial charge on any atom is -0.668 e. The summed E-state index contributed by atoms with van der Waals surface area (Å²) >= 11 is 0. The van der Waals surface area contributed by atoms with Gasteiger partial charge in [0.15, 0.2) is 0 Å². The van der Waals surface area contributed by atoms with Crippen LogP contribution in [-0.2, 0) is 72.8 Å². The molecule has 0 rings (SSSR count). The molecule has 0 atom stereocenters. The second-order valence-corrected chi connectivity index (χ2v) is 2.03. The van der Waals surface area contributed by atoms with Gasteiger partial charge in [0.25, 0.3) is 0 Å². The molecule has 0 aliphatic carbocycles. The molecule has 0 aromatic heterocycles. The van der Waals surface area contributed by atoms with Crippen LogP contribution in [0.4, 0.5) is 14.4 Å². The second kappa shape index (κ2) is 23.2. The van der Waals surface area contributed by atoms with Crippen molar-refractivity contribution in [3.8, 4) is 0 Å². The molecule has 11 nitrogen and oxygen atoms in total. The average Bonchev–Trinajstić information content (AvgIpc) is 2.16. The van der Waals surface area contributed by atoms with Gasteiger partial charge in [0.2, 0.25) is 25.1 Å². The van der Waals surface area contributed by atoms with Crippen molar-refractivity contribution in [1.82, 2.24) is 0 Å². The molecule has 0 fully saturated rings. The molecule has 4 amide bonds. The van der Waals surface area contributed by atoms with Gasteiger partial charge in [-0.1, -0.05) is 0 Å². The van der Waals surface area contributed by atoms with Gasteiger partial charge >= 0.3 is 21.1 Å². The molecule has 0 aromatic carbocycles. The van der Waals surface area contributed by atoms with E-state index >= 15 is 0 Å². The average molecular weight is 537 g/mol. The summed E-state index contributed by atoms with van der Waals surface area (Å²) < 4.78 is 11.4. The number of carbonyl (C=O) groups excluding carboxylic acids is 4. The maximum absolute atomic E-state index is 9.62. The Balaban J connectivity index is -0.0000000591. The number of rotatable bonds is 2. The Hall–Kier alpha value is -0.928. The predicted molar refractivity (Wildman–Crippen MR) is 58.2 cm³/mol. The number of carbonyl (C=O) groups is 4. The summed E-state index contributed by atoms with van der Waals surface area (Å²) in [7, 11) is 1.16. The molecule has 113 valence electrons. The maximum Gasteiger partial charge on any atom is 2.00 e. The number of methoxy groups -OCH3 is 1. The fourth-order valence-electron chi connectivity index (χ4n) is 0.137. The zero-order chi connectivity index (χ0) is 15.1. The molecular weight excluding hydrogens is 525 g/mol. The largest absolute Gasteiger partial charge is 2.00 e. The van der Waals surface area contributed by atoms with Gasteiger partial charge in [-0.3, -0.25) is 14.4 Å². The fraction of sp³-hybridized carbons (Fsp3) is 0.429. The van der Waals surface area contributed by atoms with Crippen LogP contribution in [-0.4, -0.2) is 38.1 Å². The van der Waals surface area contributed by atoms with Gasteiger partial charge in [0.05, 0.1) is 7.11 Å². The van der Waals surface area contributed by atoms with E-state index in [0.29, 0.717) is 0 Å². The van der Waals surface area contributed by atoms with E-state index in [9.17, 15) is 14.4 Å². The van der Waals surface area contributed by atoms with Gasteiger partial charge in [0, 0.05) is 38.6 Å². The second-order valence-electron chi connectivity index (χ2n) is 2.03. The summed E-state index contributed by atoms with van der Waals surface area (Å²) in [5.74, 6) is -0.583. The summed E-state index contributed by atoms with van der Waals surface area (Å²) in [6.45, 7) is 0.532. The van der Waals surface area contributed by atoms with Gasteiger partial charge < -0.3 is 41.9 Å². The molecule has 4 N–H and O–H groups in total. The molecule has 13 heteroatoms. The van der Waals surface area contributed by atoms with Crippen LogP contribution in [0, 0.1) is 0 Å². The van der Waals surface area contributed by atoms with Crippen molar-refractivity contribution >= 4 is 24.2 Å². The zero-order valence-corrected chi connectivity index (χ0v) is 16.3. The Morgan fingerprint density at radius 3 is 1.15 bits per heavy atom. The standard InChI is InChI=1S/C3H6N2O4.C2H5NO2.C2H5NO.W.Y/c4-2(6)8-1-9-3(5)7;1-5-2(3)4;1-2(3)4;;/h1H2,(H4,4,5,6,7);1H3,(H2,3,4);1H3,(H2,3,4);;/q;;;+2;/p-4. The number of amides is 4. The molecule has 0 unspecified atom stereocenters. The van der Waals surface area contributed by atoms with Gasteiger partial charge in [-0.05, 0) is 6.92 Å². The number of nitrogens with one attached hydrogen (secondary N) is 4. The first kappa shape index (κ1) is 31.5. The van der Waals surface area contributed by atoms with Crippen molar-refractivity contribution in [2.45, 2.75) is 6.92 Å². The van der Waals surface area contributed by atoms with E-state index in [-0.39, 0.29) is 53.8 Å². The molecule has 0 spiro atoms. The molecule has 0 heterocycles. The molecule has 20 heavy (non-hydrogen) atoms. The van der Waals surface area contributed by atoms with Crippen LogP contribution in [0.1, 0.15) is 6.92 Å². The van der Waals surface area contributed by atoms with Crippen molar-refractivity contribution in [3.63, 3.8) is 0 Å². The minimum atomic E-state index is -1.30. The van der Waals surface area contributed by atoms with Crippen molar-refractivity contribution in [1.29, 1.82) is 0 Å². The van der Waals surface area contributed by atoms with E-state index in [1.807, 2.05) is 0 Å². The van der Waals surface area contributed by atoms with Crippen molar-refractivity contribution < 1.29 is 87.2 Å². The maximum atomic E-state index is 9.62. The third-order valence-electron chi connectivity index (χ3n) is 0.565. The predicted octanol–water partition coefficient (Wildman–Crippen LogP) is 2.71. The summed E-state index contributed by atoms with van der Waals surface area (Å²) in [5, 5.41) is 0. The molecule has 0 aliphatic rings. The molecule has 0 aromatic rings. The van der Waals surface area contributed by atoms with E-state index in [4.69, 9.17) is 27.7 Å². The van der Waals surface area contributed by atoms with Crippen molar-refractivity contribution in [2.75, 3.05) is 13.9 Å². The molecule has 1 radical (unpaired) electrons. The third-order valence-corrected chi connectivity index (χ3v) is 0.565. The van der Waals surface area contributed by atoms with Crippen LogP contribution < -0.4 is 0 Å². The van der Waals surface area contributed by atoms with Crippen LogP contribution >= 0.6 is 0 Å². The van der Waals surface area contributed by atoms with Crippen LogP contribution in [0.5, 0.6) is 0 Å². The molecule has 0 saturated carbocycles. The normalized spacial score (nSPS) is 6.50. The smallest absolute Gasteiger partial charge is 0.668 e. The molecule has 0 saturated heterocycles. The molecular formula is C7H12N4O7WY-2. The van der Waals surface area contributed by atoms with E-state index < -0.39 is 31.0 Å². The van der Waals surface area contributed by atoms with Gasteiger partial charge in [0.1, 0.15) is 0 Å². The van der Waals surface area contributed by atoms with E-state index in [1.165, 1.54) is 6.92 Å². The van der Waals surface area contributed by atoms with E-state index in [2.05, 4.69) is 14.2 Å².